The van der Waals surface area contributed by atoms with Crippen molar-refractivity contribution >= 4 is 34.2 Å². The number of anilines is 2. The zero-order valence-corrected chi connectivity index (χ0v) is 19.5. The highest BCUT2D eigenvalue weighted by Crippen LogP contribution is 2.39. The Morgan fingerprint density at radius 2 is 1.83 bits per heavy atom. The molecule has 0 spiro atoms. The Bertz CT molecular complexity index is 1490. The summed E-state index contributed by atoms with van der Waals surface area (Å²) in [6.45, 7) is 2.43. The summed E-state index contributed by atoms with van der Waals surface area (Å²) in [7, 11) is 0. The van der Waals surface area contributed by atoms with E-state index in [0.717, 1.165) is 40.3 Å². The smallest absolute Gasteiger partial charge is 0.270 e. The topological polar surface area (TPSA) is 139 Å². The monoisotopic (exact) mass is 480 g/mol. The first-order chi connectivity index (χ1) is 17.4. The molecule has 2 heterocycles. The average molecular weight is 481 g/mol. The van der Waals surface area contributed by atoms with Crippen molar-refractivity contribution in [3.05, 3.63) is 106 Å². The summed E-state index contributed by atoms with van der Waals surface area (Å²) < 4.78 is 0. The van der Waals surface area contributed by atoms with Crippen LogP contribution in [0.5, 0.6) is 0 Å². The van der Waals surface area contributed by atoms with Gasteiger partial charge in [0.15, 0.2) is 0 Å². The fourth-order valence-corrected chi connectivity index (χ4v) is 4.24. The number of hydrogen-bond donors (Lipinski definition) is 4. The number of aryl methyl sites for hydroxylation is 1. The van der Waals surface area contributed by atoms with Gasteiger partial charge >= 0.3 is 0 Å². The van der Waals surface area contributed by atoms with Gasteiger partial charge in [-0.05, 0) is 49.2 Å². The summed E-state index contributed by atoms with van der Waals surface area (Å²) in [5, 5.41) is 17.6. The first-order valence-electron chi connectivity index (χ1n) is 11.5. The number of carbonyl (C=O) groups is 1. The van der Waals surface area contributed by atoms with E-state index >= 15 is 0 Å². The zero-order chi connectivity index (χ0) is 25.2. The number of fused-ring (bicyclic) bond motifs is 1. The quantitative estimate of drug-likeness (QED) is 0.171. The van der Waals surface area contributed by atoms with Crippen LogP contribution in [-0.2, 0) is 11.2 Å². The van der Waals surface area contributed by atoms with Crippen molar-refractivity contribution in [3.8, 4) is 11.3 Å². The van der Waals surface area contributed by atoms with Crippen LogP contribution in [0, 0.1) is 17.0 Å². The van der Waals surface area contributed by atoms with Gasteiger partial charge < -0.3 is 21.4 Å². The number of imidazole rings is 1. The Hall–Kier alpha value is -4.76. The molecule has 4 aromatic rings. The summed E-state index contributed by atoms with van der Waals surface area (Å²) in [5.41, 5.74) is 11.9. The van der Waals surface area contributed by atoms with Crippen molar-refractivity contribution in [2.24, 2.45) is 5.73 Å². The van der Waals surface area contributed by atoms with Crippen LogP contribution in [0.1, 0.15) is 22.5 Å². The van der Waals surface area contributed by atoms with Gasteiger partial charge in [0.2, 0.25) is 0 Å². The zero-order valence-electron chi connectivity index (χ0n) is 19.5. The molecule has 0 aliphatic carbocycles. The second kappa shape index (κ2) is 9.47. The molecule has 0 unspecified atom stereocenters. The van der Waals surface area contributed by atoms with Crippen LogP contribution in [0.25, 0.3) is 22.5 Å². The molecule has 0 radical (unpaired) electrons. The van der Waals surface area contributed by atoms with E-state index in [0.29, 0.717) is 29.1 Å². The largest absolute Gasteiger partial charge is 0.354 e. The summed E-state index contributed by atoms with van der Waals surface area (Å²) in [5.74, 6) is 0.500. The predicted molar refractivity (Wildman–Crippen MR) is 140 cm³/mol. The molecule has 0 bridgehead atoms. The number of benzene rings is 3. The highest BCUT2D eigenvalue weighted by atomic mass is 16.6. The molecule has 5 N–H and O–H groups in total. The van der Waals surface area contributed by atoms with E-state index in [9.17, 15) is 14.9 Å². The minimum Gasteiger partial charge on any atom is -0.354 e. The SMILES string of the molecule is Cc1nc(-c2ccc(NC(=C3C(=O)Nc4ccc([N+](=O)[O-])cc43)c3ccc(CCN)cc3)cc2)c[nH]1. The molecule has 3 aromatic carbocycles. The number of nitrogens with zero attached hydrogens (tertiary/aromatic N) is 2. The molecule has 0 saturated heterocycles. The van der Waals surface area contributed by atoms with Crippen molar-refractivity contribution in [1.82, 2.24) is 9.97 Å². The number of nitro benzene ring substituents is 1. The first kappa shape index (κ1) is 23.0. The van der Waals surface area contributed by atoms with E-state index in [-0.39, 0.29) is 11.6 Å². The van der Waals surface area contributed by atoms with Gasteiger partial charge in [0, 0.05) is 40.8 Å². The summed E-state index contributed by atoms with van der Waals surface area (Å²) >= 11 is 0. The number of nitrogens with one attached hydrogen (secondary N) is 3. The predicted octanol–water partition coefficient (Wildman–Crippen LogP) is 4.73. The number of nitro groups is 1. The van der Waals surface area contributed by atoms with Gasteiger partial charge in [-0.15, -0.1) is 0 Å². The lowest BCUT2D eigenvalue weighted by atomic mass is 9.98. The fraction of sp³-hybridized carbons (Fsp3) is 0.111. The maximum atomic E-state index is 13.1. The van der Waals surface area contributed by atoms with Crippen molar-refractivity contribution < 1.29 is 9.72 Å². The number of aromatic amines is 1. The highest BCUT2D eigenvalue weighted by Gasteiger charge is 2.30. The Morgan fingerprint density at radius 3 is 2.47 bits per heavy atom. The molecule has 0 atom stereocenters. The van der Waals surface area contributed by atoms with Crippen molar-refractivity contribution in [3.63, 3.8) is 0 Å². The third kappa shape index (κ3) is 4.47. The summed E-state index contributed by atoms with van der Waals surface area (Å²) in [6, 6.07) is 19.8. The fourth-order valence-electron chi connectivity index (χ4n) is 4.24. The Balaban J connectivity index is 1.60. The maximum absolute atomic E-state index is 13.1. The lowest BCUT2D eigenvalue weighted by Crippen LogP contribution is -2.10. The molecule has 0 saturated carbocycles. The third-order valence-electron chi connectivity index (χ3n) is 6.04. The molecule has 1 amide bonds. The molecular weight excluding hydrogens is 456 g/mol. The molecule has 36 heavy (non-hydrogen) atoms. The van der Waals surface area contributed by atoms with Crippen molar-refractivity contribution in [2.45, 2.75) is 13.3 Å². The van der Waals surface area contributed by atoms with E-state index < -0.39 is 4.92 Å². The van der Waals surface area contributed by atoms with E-state index in [1.54, 1.807) is 6.07 Å². The Kier molecular flexibility index (Phi) is 6.05. The van der Waals surface area contributed by atoms with E-state index in [2.05, 4.69) is 20.6 Å². The Morgan fingerprint density at radius 1 is 1.08 bits per heavy atom. The van der Waals surface area contributed by atoms with Crippen LogP contribution in [0.3, 0.4) is 0 Å². The number of carbonyl (C=O) groups excluding carboxylic acids is 1. The van der Waals surface area contributed by atoms with Crippen LogP contribution >= 0.6 is 0 Å². The van der Waals surface area contributed by atoms with Crippen molar-refractivity contribution in [2.75, 3.05) is 17.2 Å². The third-order valence-corrected chi connectivity index (χ3v) is 6.04. The number of non-ortho nitro benzene ring substituents is 1. The van der Waals surface area contributed by atoms with Crippen LogP contribution < -0.4 is 16.4 Å². The molecule has 9 nitrogen and oxygen atoms in total. The summed E-state index contributed by atoms with van der Waals surface area (Å²) in [6.07, 6.45) is 2.59. The maximum Gasteiger partial charge on any atom is 0.270 e. The van der Waals surface area contributed by atoms with Crippen LogP contribution in [-0.4, -0.2) is 27.3 Å². The number of aromatic nitrogens is 2. The average Bonchev–Trinajstić information content (AvgIpc) is 3.45. The number of amides is 1. The van der Waals surface area contributed by atoms with Gasteiger partial charge in [-0.25, -0.2) is 4.98 Å². The molecule has 1 aliphatic rings. The molecule has 1 aliphatic heterocycles. The van der Waals surface area contributed by atoms with Crippen LogP contribution in [0.4, 0.5) is 17.1 Å². The number of hydrogen-bond acceptors (Lipinski definition) is 6. The minimum atomic E-state index is -0.467. The highest BCUT2D eigenvalue weighted by molar-refractivity contribution is 6.37. The molecule has 180 valence electrons. The molecule has 9 heteroatoms. The number of rotatable bonds is 7. The van der Waals surface area contributed by atoms with Gasteiger partial charge in [0.25, 0.3) is 11.6 Å². The lowest BCUT2D eigenvalue weighted by Gasteiger charge is -2.15. The van der Waals surface area contributed by atoms with Gasteiger partial charge in [-0.3, -0.25) is 14.9 Å². The van der Waals surface area contributed by atoms with Crippen molar-refractivity contribution in [1.29, 1.82) is 0 Å². The van der Waals surface area contributed by atoms with E-state index in [1.165, 1.54) is 12.1 Å². The van der Waals surface area contributed by atoms with Gasteiger partial charge in [-0.1, -0.05) is 36.4 Å². The first-order valence-corrected chi connectivity index (χ1v) is 11.5. The standard InChI is InChI=1S/C27H24N6O3/c1-16-29-15-24(30-16)18-6-8-20(9-7-18)31-26(19-4-2-17(3-5-19)12-13-28)25-22-14-21(33(35)36)10-11-23(22)32-27(25)34/h2-11,14-15,31H,12-13,28H2,1H3,(H,29,30)(H,32,34). The van der Waals surface area contributed by atoms with Gasteiger partial charge in [0.05, 0.1) is 21.9 Å². The van der Waals surface area contributed by atoms with Gasteiger partial charge in [-0.2, -0.15) is 0 Å². The second-order valence-electron chi connectivity index (χ2n) is 8.50. The van der Waals surface area contributed by atoms with Crippen LogP contribution in [0.15, 0.2) is 72.9 Å². The van der Waals surface area contributed by atoms with Crippen LogP contribution in [0.2, 0.25) is 0 Å². The molecule has 0 fully saturated rings. The Labute approximate surface area is 207 Å². The van der Waals surface area contributed by atoms with E-state index in [1.807, 2.05) is 61.7 Å². The molecular formula is C27H24N6O3. The van der Waals surface area contributed by atoms with E-state index in [4.69, 9.17) is 5.73 Å². The lowest BCUT2D eigenvalue weighted by molar-refractivity contribution is -0.384. The molecule has 5 rings (SSSR count). The van der Waals surface area contributed by atoms with Gasteiger partial charge in [0.1, 0.15) is 5.82 Å². The molecule has 1 aromatic heterocycles. The normalized spacial score (nSPS) is 13.8. The number of H-pyrrole nitrogens is 1. The summed E-state index contributed by atoms with van der Waals surface area (Å²) in [4.78, 5) is 31.6. The second-order valence-corrected chi connectivity index (χ2v) is 8.50. The number of nitrogens with two attached hydrogens (primary N) is 1. The minimum absolute atomic E-state index is 0.0842.